The van der Waals surface area contributed by atoms with Gasteiger partial charge in [0, 0.05) is 32.9 Å². The largest absolute Gasteiger partial charge is 0.322 e. The predicted molar refractivity (Wildman–Crippen MR) is 131 cm³/mol. The molecule has 8 heteroatoms. The molecule has 0 radical (unpaired) electrons. The molecular weight excluding hydrogens is 442 g/mol. The maximum absolute atomic E-state index is 12.5. The lowest BCUT2D eigenvalue weighted by Crippen LogP contribution is -2.13. The number of amides is 1. The quantitative estimate of drug-likeness (QED) is 0.400. The second-order valence-corrected chi connectivity index (χ2v) is 10.2. The summed E-state index contributed by atoms with van der Waals surface area (Å²) in [5.41, 5.74) is 4.50. The van der Waals surface area contributed by atoms with Gasteiger partial charge >= 0.3 is 0 Å². The highest BCUT2D eigenvalue weighted by Crippen LogP contribution is 2.33. The number of thiazole rings is 1. The third-order valence-corrected chi connectivity index (χ3v) is 6.31. The lowest BCUT2D eigenvalue weighted by Gasteiger charge is -2.08. The minimum Gasteiger partial charge on any atom is -0.322 e. The van der Waals surface area contributed by atoms with Crippen molar-refractivity contribution in [2.45, 2.75) is 6.92 Å². The highest BCUT2D eigenvalue weighted by atomic mass is 32.2. The number of rotatable bonds is 6. The molecule has 3 aromatic carbocycles. The molecule has 4 rings (SSSR count). The molecule has 162 valence electrons. The van der Waals surface area contributed by atoms with Crippen LogP contribution in [0.4, 0.5) is 11.4 Å². The summed E-state index contributed by atoms with van der Waals surface area (Å²) < 4.78 is 25.0. The van der Waals surface area contributed by atoms with Gasteiger partial charge in [-0.05, 0) is 43.3 Å². The number of hydrogen-bond acceptors (Lipinski definition) is 5. The molecule has 0 saturated carbocycles. The van der Waals surface area contributed by atoms with Crippen LogP contribution in [0, 0.1) is 6.92 Å². The molecule has 0 aliphatic rings. The number of benzene rings is 3. The Morgan fingerprint density at radius 1 is 0.844 bits per heavy atom. The Kier molecular flexibility index (Phi) is 6.07. The fourth-order valence-electron chi connectivity index (χ4n) is 3.19. The lowest BCUT2D eigenvalue weighted by atomic mass is 10.1. The highest BCUT2D eigenvalue weighted by Gasteiger charge is 2.12. The molecule has 4 aromatic rings. The fraction of sp³-hybridized carbons (Fsp3) is 0.0833. The number of sulfonamides is 1. The summed E-state index contributed by atoms with van der Waals surface area (Å²) in [5, 5.41) is 3.83. The van der Waals surface area contributed by atoms with E-state index in [-0.39, 0.29) is 5.91 Å². The minimum atomic E-state index is -3.36. The first-order chi connectivity index (χ1) is 15.3. The van der Waals surface area contributed by atoms with E-state index < -0.39 is 10.0 Å². The Morgan fingerprint density at radius 2 is 1.47 bits per heavy atom. The summed E-state index contributed by atoms with van der Waals surface area (Å²) in [7, 11) is -3.36. The zero-order valence-electron chi connectivity index (χ0n) is 17.5. The number of anilines is 2. The van der Waals surface area contributed by atoms with E-state index >= 15 is 0 Å². The van der Waals surface area contributed by atoms with Gasteiger partial charge in [0.2, 0.25) is 10.0 Å². The third kappa shape index (κ3) is 5.22. The first kappa shape index (κ1) is 21.7. The van der Waals surface area contributed by atoms with Gasteiger partial charge in [-0.25, -0.2) is 13.4 Å². The van der Waals surface area contributed by atoms with E-state index in [2.05, 4.69) is 17.0 Å². The molecule has 0 spiro atoms. The van der Waals surface area contributed by atoms with E-state index in [1.54, 1.807) is 35.6 Å². The molecule has 32 heavy (non-hydrogen) atoms. The summed E-state index contributed by atoms with van der Waals surface area (Å²) >= 11 is 1.66. The van der Waals surface area contributed by atoms with Gasteiger partial charge in [-0.3, -0.25) is 9.52 Å². The highest BCUT2D eigenvalue weighted by molar-refractivity contribution is 7.92. The average molecular weight is 464 g/mol. The van der Waals surface area contributed by atoms with Crippen molar-refractivity contribution in [2.24, 2.45) is 0 Å². The summed E-state index contributed by atoms with van der Waals surface area (Å²) in [5.74, 6) is -0.278. The maximum Gasteiger partial charge on any atom is 0.255 e. The standard InChI is InChI=1S/C24H21N3O3S2/c1-16-22(26-24(31-16)19-6-4-3-5-7-19)17-8-12-20(13-9-17)25-23(28)18-10-14-21(15-11-18)27-32(2,29)30/h3-15,27H,1-2H3,(H,25,28). The van der Waals surface area contributed by atoms with Crippen LogP contribution in [0.25, 0.3) is 21.8 Å². The van der Waals surface area contributed by atoms with Crippen molar-refractivity contribution in [3.63, 3.8) is 0 Å². The molecule has 0 aliphatic carbocycles. The molecule has 0 atom stereocenters. The first-order valence-corrected chi connectivity index (χ1v) is 12.5. The van der Waals surface area contributed by atoms with Crippen molar-refractivity contribution in [2.75, 3.05) is 16.3 Å². The van der Waals surface area contributed by atoms with Crippen LogP contribution in [0.15, 0.2) is 78.9 Å². The normalized spacial score (nSPS) is 11.2. The maximum atomic E-state index is 12.5. The number of nitrogens with zero attached hydrogens (tertiary/aromatic N) is 1. The van der Waals surface area contributed by atoms with Crippen LogP contribution >= 0.6 is 11.3 Å². The molecular formula is C24H21N3O3S2. The molecule has 0 fully saturated rings. The number of carbonyl (C=O) groups excluding carboxylic acids is 1. The summed E-state index contributed by atoms with van der Waals surface area (Å²) in [6.07, 6.45) is 1.08. The topological polar surface area (TPSA) is 88.2 Å². The van der Waals surface area contributed by atoms with Crippen molar-refractivity contribution >= 4 is 38.6 Å². The van der Waals surface area contributed by atoms with Crippen LogP contribution < -0.4 is 10.0 Å². The minimum absolute atomic E-state index is 0.278. The molecule has 2 N–H and O–H groups in total. The van der Waals surface area contributed by atoms with E-state index in [1.807, 2.05) is 54.6 Å². The Balaban J connectivity index is 1.46. The first-order valence-electron chi connectivity index (χ1n) is 9.81. The third-order valence-electron chi connectivity index (χ3n) is 4.68. The number of nitrogens with one attached hydrogen (secondary N) is 2. The van der Waals surface area contributed by atoms with Crippen molar-refractivity contribution in [1.82, 2.24) is 4.98 Å². The zero-order valence-corrected chi connectivity index (χ0v) is 19.1. The van der Waals surface area contributed by atoms with Gasteiger partial charge in [0.15, 0.2) is 0 Å². The predicted octanol–water partition coefficient (Wildman–Crippen LogP) is 5.41. The molecule has 1 amide bonds. The van der Waals surface area contributed by atoms with E-state index in [0.29, 0.717) is 16.9 Å². The SMILES string of the molecule is Cc1sc(-c2ccccc2)nc1-c1ccc(NC(=O)c2ccc(NS(C)(=O)=O)cc2)cc1. The van der Waals surface area contributed by atoms with Crippen molar-refractivity contribution in [3.8, 4) is 21.8 Å². The van der Waals surface area contributed by atoms with Gasteiger partial charge in [-0.1, -0.05) is 42.5 Å². The molecule has 1 aromatic heterocycles. The second-order valence-electron chi connectivity index (χ2n) is 7.27. The summed E-state index contributed by atoms with van der Waals surface area (Å²) in [4.78, 5) is 18.5. The molecule has 0 unspecified atom stereocenters. The second kappa shape index (κ2) is 8.94. The lowest BCUT2D eigenvalue weighted by molar-refractivity contribution is 0.102. The zero-order chi connectivity index (χ0) is 22.7. The summed E-state index contributed by atoms with van der Waals surface area (Å²) in [6, 6.07) is 23.9. The monoisotopic (exact) mass is 463 g/mol. The number of hydrogen-bond donors (Lipinski definition) is 2. The van der Waals surface area contributed by atoms with Crippen LogP contribution in [0.3, 0.4) is 0 Å². The smallest absolute Gasteiger partial charge is 0.255 e. The number of carbonyl (C=O) groups is 1. The van der Waals surface area contributed by atoms with E-state index in [0.717, 1.165) is 33.0 Å². The number of aryl methyl sites for hydroxylation is 1. The van der Waals surface area contributed by atoms with E-state index in [9.17, 15) is 13.2 Å². The summed E-state index contributed by atoms with van der Waals surface area (Å²) in [6.45, 7) is 2.05. The van der Waals surface area contributed by atoms with Gasteiger partial charge in [0.05, 0.1) is 11.9 Å². The Hall–Kier alpha value is -3.49. The molecule has 0 aliphatic heterocycles. The Labute approximate surface area is 191 Å². The average Bonchev–Trinajstić information content (AvgIpc) is 3.16. The van der Waals surface area contributed by atoms with Crippen LogP contribution in [0.1, 0.15) is 15.2 Å². The van der Waals surface area contributed by atoms with Crippen molar-refractivity contribution < 1.29 is 13.2 Å². The fourth-order valence-corrected chi connectivity index (χ4v) is 4.69. The molecule has 6 nitrogen and oxygen atoms in total. The van der Waals surface area contributed by atoms with Gasteiger partial charge in [0.25, 0.3) is 5.91 Å². The molecule has 0 saturated heterocycles. The Bertz CT molecular complexity index is 1350. The number of aromatic nitrogens is 1. The van der Waals surface area contributed by atoms with Gasteiger partial charge in [-0.2, -0.15) is 0 Å². The van der Waals surface area contributed by atoms with Gasteiger partial charge in [-0.15, -0.1) is 11.3 Å². The van der Waals surface area contributed by atoms with Crippen LogP contribution in [-0.4, -0.2) is 25.6 Å². The van der Waals surface area contributed by atoms with Crippen LogP contribution in [-0.2, 0) is 10.0 Å². The Morgan fingerprint density at radius 3 is 2.09 bits per heavy atom. The molecule has 1 heterocycles. The van der Waals surface area contributed by atoms with Crippen LogP contribution in [0.5, 0.6) is 0 Å². The van der Waals surface area contributed by atoms with E-state index in [4.69, 9.17) is 4.98 Å². The van der Waals surface area contributed by atoms with Gasteiger partial charge < -0.3 is 5.32 Å². The van der Waals surface area contributed by atoms with Gasteiger partial charge in [0.1, 0.15) is 5.01 Å². The van der Waals surface area contributed by atoms with E-state index in [1.165, 1.54) is 0 Å². The van der Waals surface area contributed by atoms with Crippen molar-refractivity contribution in [3.05, 3.63) is 89.3 Å². The van der Waals surface area contributed by atoms with Crippen LogP contribution in [0.2, 0.25) is 0 Å². The molecule has 0 bridgehead atoms. The van der Waals surface area contributed by atoms with Crippen molar-refractivity contribution in [1.29, 1.82) is 0 Å².